The molecule has 0 bridgehead atoms. The fourth-order valence-corrected chi connectivity index (χ4v) is 2.05. The van der Waals surface area contributed by atoms with Crippen LogP contribution in [0.2, 0.25) is 0 Å². The van der Waals surface area contributed by atoms with Gasteiger partial charge in [0.15, 0.2) is 9.84 Å². The van der Waals surface area contributed by atoms with E-state index in [-0.39, 0.29) is 17.7 Å². The maximum Gasteiger partial charge on any atom is 0.155 e. The van der Waals surface area contributed by atoms with Gasteiger partial charge in [0.05, 0.1) is 11.0 Å². The van der Waals surface area contributed by atoms with Gasteiger partial charge in [0.1, 0.15) is 0 Å². The Morgan fingerprint density at radius 1 is 1.50 bits per heavy atom. The van der Waals surface area contributed by atoms with Crippen LogP contribution in [0.1, 0.15) is 6.92 Å². The minimum Gasteiger partial charge on any atom is -0.314 e. The first-order valence-electron chi connectivity index (χ1n) is 3.05. The van der Waals surface area contributed by atoms with Gasteiger partial charge in [0.2, 0.25) is 0 Å². The van der Waals surface area contributed by atoms with Crippen molar-refractivity contribution in [3.8, 4) is 0 Å². The standard InChI is InChI=1S/C5H11NO2S.ClH/c1-5-4-6-2-3-9(5,7)8;/h5-6H,2-4H2,1H3;1H/t5-;/m1./s1. The van der Waals surface area contributed by atoms with Gasteiger partial charge in [-0.1, -0.05) is 0 Å². The lowest BCUT2D eigenvalue weighted by atomic mass is 10.4. The molecule has 1 aliphatic rings. The molecule has 1 aliphatic heterocycles. The molecule has 1 heterocycles. The van der Waals surface area contributed by atoms with Gasteiger partial charge < -0.3 is 5.32 Å². The van der Waals surface area contributed by atoms with Crippen LogP contribution in [-0.2, 0) is 9.84 Å². The van der Waals surface area contributed by atoms with E-state index < -0.39 is 9.84 Å². The van der Waals surface area contributed by atoms with Crippen molar-refractivity contribution in [3.63, 3.8) is 0 Å². The zero-order valence-electron chi connectivity index (χ0n) is 5.83. The average molecular weight is 186 g/mol. The van der Waals surface area contributed by atoms with E-state index >= 15 is 0 Å². The van der Waals surface area contributed by atoms with Gasteiger partial charge in [-0.05, 0) is 6.92 Å². The van der Waals surface area contributed by atoms with Crippen LogP contribution >= 0.6 is 12.4 Å². The molecular formula is C5H12ClNO2S. The molecule has 0 amide bonds. The summed E-state index contributed by atoms with van der Waals surface area (Å²) < 4.78 is 21.9. The Bertz CT molecular complexity index is 190. The summed E-state index contributed by atoms with van der Waals surface area (Å²) in [6.45, 7) is 2.97. The van der Waals surface area contributed by atoms with Crippen molar-refractivity contribution in [2.24, 2.45) is 0 Å². The molecule has 1 saturated heterocycles. The lowest BCUT2D eigenvalue weighted by Gasteiger charge is -2.18. The lowest BCUT2D eigenvalue weighted by molar-refractivity contribution is 0.554. The van der Waals surface area contributed by atoms with Gasteiger partial charge in [-0.2, -0.15) is 0 Å². The highest BCUT2D eigenvalue weighted by Gasteiger charge is 2.23. The fraction of sp³-hybridized carbons (Fsp3) is 1.00. The molecular weight excluding hydrogens is 174 g/mol. The highest BCUT2D eigenvalue weighted by atomic mass is 35.5. The SMILES string of the molecule is C[C@@H]1CNCCS1(=O)=O.Cl. The van der Waals surface area contributed by atoms with E-state index in [9.17, 15) is 8.42 Å². The Hall–Kier alpha value is 0.200. The third-order valence-electron chi connectivity index (χ3n) is 1.61. The van der Waals surface area contributed by atoms with E-state index in [1.54, 1.807) is 6.92 Å². The Kier molecular flexibility index (Phi) is 3.62. The summed E-state index contributed by atoms with van der Waals surface area (Å²) >= 11 is 0. The molecule has 0 spiro atoms. The molecule has 1 rings (SSSR count). The van der Waals surface area contributed by atoms with Gasteiger partial charge in [-0.15, -0.1) is 12.4 Å². The highest BCUT2D eigenvalue weighted by Crippen LogP contribution is 2.03. The largest absolute Gasteiger partial charge is 0.314 e. The van der Waals surface area contributed by atoms with Gasteiger partial charge in [0, 0.05) is 13.1 Å². The number of sulfone groups is 1. The second kappa shape index (κ2) is 3.55. The Morgan fingerprint density at radius 3 is 2.40 bits per heavy atom. The van der Waals surface area contributed by atoms with E-state index in [1.807, 2.05) is 0 Å². The van der Waals surface area contributed by atoms with Gasteiger partial charge in [-0.25, -0.2) is 8.42 Å². The topological polar surface area (TPSA) is 46.2 Å². The third-order valence-corrected chi connectivity index (χ3v) is 3.77. The Labute approximate surface area is 67.5 Å². The second-order valence-electron chi connectivity index (χ2n) is 2.38. The van der Waals surface area contributed by atoms with Gasteiger partial charge >= 0.3 is 0 Å². The van der Waals surface area contributed by atoms with Crippen LogP contribution in [0, 0.1) is 0 Å². The van der Waals surface area contributed by atoms with E-state index in [4.69, 9.17) is 0 Å². The van der Waals surface area contributed by atoms with Crippen LogP contribution in [-0.4, -0.2) is 32.5 Å². The molecule has 0 radical (unpaired) electrons. The first-order chi connectivity index (χ1) is 4.13. The zero-order chi connectivity index (χ0) is 6.91. The minimum atomic E-state index is -2.72. The minimum absolute atomic E-state index is 0. The molecule has 0 aromatic carbocycles. The highest BCUT2D eigenvalue weighted by molar-refractivity contribution is 7.92. The summed E-state index contributed by atoms with van der Waals surface area (Å²) in [7, 11) is -2.72. The summed E-state index contributed by atoms with van der Waals surface area (Å²) in [5.41, 5.74) is 0. The number of nitrogens with one attached hydrogen (secondary N) is 1. The molecule has 0 aromatic rings. The molecule has 0 aliphatic carbocycles. The lowest BCUT2D eigenvalue weighted by Crippen LogP contribution is -2.42. The predicted octanol–water partition coefficient (Wildman–Crippen LogP) is -0.185. The van der Waals surface area contributed by atoms with Crippen molar-refractivity contribution in [3.05, 3.63) is 0 Å². The van der Waals surface area contributed by atoms with Crippen LogP contribution in [0.15, 0.2) is 0 Å². The summed E-state index contributed by atoms with van der Waals surface area (Å²) in [6, 6.07) is 0. The summed E-state index contributed by atoms with van der Waals surface area (Å²) in [4.78, 5) is 0. The maximum absolute atomic E-state index is 10.9. The molecule has 5 heteroatoms. The van der Waals surface area contributed by atoms with Crippen molar-refractivity contribution in [2.75, 3.05) is 18.8 Å². The van der Waals surface area contributed by atoms with Crippen molar-refractivity contribution in [2.45, 2.75) is 12.2 Å². The first-order valence-corrected chi connectivity index (χ1v) is 4.77. The number of halogens is 1. The molecule has 3 nitrogen and oxygen atoms in total. The van der Waals surface area contributed by atoms with Crippen LogP contribution in [0.3, 0.4) is 0 Å². The average Bonchev–Trinajstić information content (AvgIpc) is 1.77. The molecule has 0 unspecified atom stereocenters. The summed E-state index contributed by atoms with van der Waals surface area (Å²) in [5.74, 6) is 0.300. The predicted molar refractivity (Wildman–Crippen MR) is 43.4 cm³/mol. The normalized spacial score (nSPS) is 30.7. The smallest absolute Gasteiger partial charge is 0.155 e. The molecule has 0 saturated carbocycles. The second-order valence-corrected chi connectivity index (χ2v) is 4.92. The molecule has 1 fully saturated rings. The van der Waals surface area contributed by atoms with Crippen LogP contribution in [0.5, 0.6) is 0 Å². The Balaban J connectivity index is 0.000000810. The number of hydrogen-bond acceptors (Lipinski definition) is 3. The van der Waals surface area contributed by atoms with Crippen molar-refractivity contribution >= 4 is 22.2 Å². The van der Waals surface area contributed by atoms with Gasteiger partial charge in [-0.3, -0.25) is 0 Å². The van der Waals surface area contributed by atoms with Crippen molar-refractivity contribution in [1.82, 2.24) is 5.32 Å². The van der Waals surface area contributed by atoms with E-state index in [1.165, 1.54) is 0 Å². The van der Waals surface area contributed by atoms with Crippen LogP contribution < -0.4 is 5.32 Å². The monoisotopic (exact) mass is 185 g/mol. The van der Waals surface area contributed by atoms with E-state index in [2.05, 4.69) is 5.32 Å². The fourth-order valence-electron chi connectivity index (χ4n) is 0.848. The molecule has 62 valence electrons. The summed E-state index contributed by atoms with van der Waals surface area (Å²) in [6.07, 6.45) is 0. The first kappa shape index (κ1) is 10.2. The quantitative estimate of drug-likeness (QED) is 0.570. The number of hydrogen-bond donors (Lipinski definition) is 1. The van der Waals surface area contributed by atoms with E-state index in [0.717, 1.165) is 0 Å². The molecule has 0 aromatic heterocycles. The third kappa shape index (κ3) is 2.11. The van der Waals surface area contributed by atoms with E-state index in [0.29, 0.717) is 18.8 Å². The molecule has 1 N–H and O–H groups in total. The van der Waals surface area contributed by atoms with Crippen LogP contribution in [0.4, 0.5) is 0 Å². The van der Waals surface area contributed by atoms with Crippen molar-refractivity contribution < 1.29 is 8.42 Å². The zero-order valence-corrected chi connectivity index (χ0v) is 7.46. The van der Waals surface area contributed by atoms with Crippen LogP contribution in [0.25, 0.3) is 0 Å². The van der Waals surface area contributed by atoms with Gasteiger partial charge in [0.25, 0.3) is 0 Å². The molecule has 10 heavy (non-hydrogen) atoms. The Morgan fingerprint density at radius 2 is 2.10 bits per heavy atom. The molecule has 1 atom stereocenters. The summed E-state index contributed by atoms with van der Waals surface area (Å²) in [5, 5.41) is 2.82. The number of rotatable bonds is 0. The van der Waals surface area contributed by atoms with Crippen molar-refractivity contribution in [1.29, 1.82) is 0 Å². The maximum atomic E-state index is 10.9.